The summed E-state index contributed by atoms with van der Waals surface area (Å²) in [5, 5.41) is 0. The van der Waals surface area contributed by atoms with Crippen LogP contribution in [0.3, 0.4) is 0 Å². The maximum absolute atomic E-state index is 5.74. The second-order valence-corrected chi connectivity index (χ2v) is 22.1. The van der Waals surface area contributed by atoms with Gasteiger partial charge in [-0.05, 0) is 31.8 Å². The number of hydrogen-bond acceptors (Lipinski definition) is 1. The number of hydrogen-bond donors (Lipinski definition) is 0. The second kappa shape index (κ2) is 8.03. The zero-order chi connectivity index (χ0) is 11.0. The molecule has 0 radical (unpaired) electrons. The van der Waals surface area contributed by atoms with E-state index in [0.717, 1.165) is 5.75 Å². The van der Waals surface area contributed by atoms with Gasteiger partial charge in [0.15, 0.2) is 0 Å². The van der Waals surface area contributed by atoms with Crippen molar-refractivity contribution < 1.29 is 17.6 Å². The third-order valence-electron chi connectivity index (χ3n) is 1.17. The Morgan fingerprint density at radius 3 is 1.86 bits per heavy atom. The summed E-state index contributed by atoms with van der Waals surface area (Å²) in [7, 11) is -1.40. The van der Waals surface area contributed by atoms with Gasteiger partial charge in [0.05, 0.1) is 0 Å². The summed E-state index contributed by atoms with van der Waals surface area (Å²) in [6, 6.07) is 9.98. The molecule has 0 bridgehead atoms. The Balaban J connectivity index is 0.000000500. The van der Waals surface area contributed by atoms with Crippen LogP contribution in [-0.2, 0) is 13.2 Å². The van der Waals surface area contributed by atoms with Gasteiger partial charge in [0, 0.05) is 0 Å². The molecule has 1 rings (SSSR count). The molecule has 0 unspecified atom stereocenters. The predicted octanol–water partition coefficient (Wildman–Crippen LogP) is 4.59. The van der Waals surface area contributed by atoms with Crippen molar-refractivity contribution >= 4 is 35.6 Å². The summed E-state index contributed by atoms with van der Waals surface area (Å²) in [4.78, 5) is 0. The minimum absolute atomic E-state index is 0.250. The summed E-state index contributed by atoms with van der Waals surface area (Å²) >= 11 is 6.25. The molecule has 5 heteroatoms. The van der Waals surface area contributed by atoms with Crippen LogP contribution >= 0.6 is 27.2 Å². The molecular weight excluding hydrogens is 377 g/mol. The normalized spacial score (nSPS) is 9.50. The molecule has 1 aromatic carbocycles. The first-order valence-corrected chi connectivity index (χ1v) is 21.7. The molecule has 0 heterocycles. The molecule has 0 aliphatic carbocycles. The van der Waals surface area contributed by atoms with Gasteiger partial charge in [0.25, 0.3) is 0 Å². The summed E-state index contributed by atoms with van der Waals surface area (Å²) in [5.41, 5.74) is 0. The van der Waals surface area contributed by atoms with E-state index in [1.807, 2.05) is 30.3 Å². The van der Waals surface area contributed by atoms with Gasteiger partial charge >= 0.3 is 40.5 Å². The van der Waals surface area contributed by atoms with Gasteiger partial charge in [-0.25, -0.2) is 0 Å². The van der Waals surface area contributed by atoms with Crippen molar-refractivity contribution in [2.75, 3.05) is 0 Å². The van der Waals surface area contributed by atoms with Crippen molar-refractivity contribution in [3.8, 4) is 5.75 Å². The molecule has 0 N–H and O–H groups in total. The van der Waals surface area contributed by atoms with Gasteiger partial charge < -0.3 is 4.43 Å². The van der Waals surface area contributed by atoms with Crippen LogP contribution in [0.2, 0.25) is 19.6 Å². The van der Waals surface area contributed by atoms with Crippen molar-refractivity contribution in [2.45, 2.75) is 19.6 Å². The minimum atomic E-state index is -1.40. The average Bonchev–Trinajstić information content (AvgIpc) is 2.04. The van der Waals surface area contributed by atoms with Crippen LogP contribution < -0.4 is 4.43 Å². The zero-order valence-corrected chi connectivity index (χ0v) is 15.9. The van der Waals surface area contributed by atoms with Gasteiger partial charge in [0.2, 0.25) is 8.32 Å². The van der Waals surface area contributed by atoms with Gasteiger partial charge in [-0.3, -0.25) is 0 Å². The molecule has 0 atom stereocenters. The van der Waals surface area contributed by atoms with Crippen molar-refractivity contribution in [3.05, 3.63) is 30.3 Å². The number of halogens is 2. The first-order chi connectivity index (χ1) is 6.49. The Kier molecular flexibility index (Phi) is 8.50. The third kappa shape index (κ3) is 9.38. The van der Waals surface area contributed by atoms with Crippen LogP contribution in [0.15, 0.2) is 30.3 Å². The van der Waals surface area contributed by atoms with E-state index < -0.39 is 8.32 Å². The number of rotatable bonds is 2. The number of benzene rings is 1. The van der Waals surface area contributed by atoms with E-state index in [1.54, 1.807) is 0 Å². The van der Waals surface area contributed by atoms with E-state index in [1.165, 1.54) is 0 Å². The summed E-state index contributed by atoms with van der Waals surface area (Å²) in [5.74, 6) is 0.992. The number of para-hydroxylation sites is 1. The second-order valence-electron chi connectivity index (χ2n) is 3.63. The molecular formula is C9H14Br2OSiZn. The van der Waals surface area contributed by atoms with Gasteiger partial charge in [0.1, 0.15) is 5.75 Å². The van der Waals surface area contributed by atoms with Crippen LogP contribution in [-0.4, -0.2) is 8.32 Å². The fourth-order valence-corrected chi connectivity index (χ4v) is 1.69. The zero-order valence-electron chi connectivity index (χ0n) is 8.76. The molecule has 0 saturated heterocycles. The van der Waals surface area contributed by atoms with Crippen molar-refractivity contribution in [1.29, 1.82) is 0 Å². The topological polar surface area (TPSA) is 9.23 Å². The van der Waals surface area contributed by atoms with Crippen molar-refractivity contribution in [1.82, 2.24) is 0 Å². The Morgan fingerprint density at radius 2 is 1.50 bits per heavy atom. The standard InChI is InChI=1S/C9H14OSi.2BrH.Zn/c1-11(2,3)10-9-7-5-4-6-8-9;;;/h4-8H,1-3H3;2*1H;/q;;;+2/p-2. The molecule has 0 aliphatic heterocycles. The van der Waals surface area contributed by atoms with Crippen molar-refractivity contribution in [2.24, 2.45) is 0 Å². The summed E-state index contributed by atoms with van der Waals surface area (Å²) in [6.45, 7) is 6.54. The van der Waals surface area contributed by atoms with Crippen LogP contribution in [0.1, 0.15) is 0 Å². The molecule has 0 aromatic heterocycles. The van der Waals surface area contributed by atoms with Gasteiger partial charge in [-0.15, -0.1) is 0 Å². The van der Waals surface area contributed by atoms with E-state index in [-0.39, 0.29) is 13.2 Å². The van der Waals surface area contributed by atoms with Crippen LogP contribution in [0, 0.1) is 0 Å². The predicted molar refractivity (Wildman–Crippen MR) is 68.3 cm³/mol. The molecule has 0 saturated carbocycles. The monoisotopic (exact) mass is 388 g/mol. The summed E-state index contributed by atoms with van der Waals surface area (Å²) in [6.07, 6.45) is 0. The van der Waals surface area contributed by atoms with E-state index >= 15 is 0 Å². The Hall–Kier alpha value is 0.820. The van der Waals surface area contributed by atoms with Crippen LogP contribution in [0.25, 0.3) is 0 Å². The van der Waals surface area contributed by atoms with Gasteiger partial charge in [-0.2, -0.15) is 0 Å². The first-order valence-electron chi connectivity index (χ1n) is 4.35. The molecule has 1 nitrogen and oxygen atoms in total. The first kappa shape index (κ1) is 14.8. The summed E-state index contributed by atoms with van der Waals surface area (Å²) < 4.78 is 5.74. The Labute approximate surface area is 108 Å². The molecule has 14 heavy (non-hydrogen) atoms. The average molecular weight is 391 g/mol. The fourth-order valence-electron chi connectivity index (χ4n) is 0.842. The molecule has 0 fully saturated rings. The van der Waals surface area contributed by atoms with E-state index in [0.29, 0.717) is 0 Å². The van der Waals surface area contributed by atoms with Crippen LogP contribution in [0.4, 0.5) is 0 Å². The molecule has 0 amide bonds. The Bertz CT molecular complexity index is 238. The molecule has 0 spiro atoms. The van der Waals surface area contributed by atoms with Crippen molar-refractivity contribution in [3.63, 3.8) is 0 Å². The van der Waals surface area contributed by atoms with E-state index in [2.05, 4.69) is 46.9 Å². The fraction of sp³-hybridized carbons (Fsp3) is 0.333. The van der Waals surface area contributed by atoms with Crippen LogP contribution in [0.5, 0.6) is 5.75 Å². The maximum atomic E-state index is 5.74. The molecule has 1 aromatic rings. The van der Waals surface area contributed by atoms with E-state index in [9.17, 15) is 0 Å². The molecule has 0 aliphatic rings. The third-order valence-corrected chi connectivity index (χ3v) is 2.02. The van der Waals surface area contributed by atoms with E-state index in [4.69, 9.17) is 4.43 Å². The SMILES string of the molecule is C[Si](C)(C)Oc1ccccc1.[Br][Zn][Br]. The van der Waals surface area contributed by atoms with Gasteiger partial charge in [-0.1, -0.05) is 18.2 Å². The Morgan fingerprint density at radius 1 is 1.07 bits per heavy atom. The molecule has 76 valence electrons. The quantitative estimate of drug-likeness (QED) is 0.670.